The van der Waals surface area contributed by atoms with Crippen LogP contribution < -0.4 is 5.32 Å². The van der Waals surface area contributed by atoms with Crippen LogP contribution in [0, 0.1) is 12.7 Å². The molecule has 0 aliphatic carbocycles. The molecule has 0 atom stereocenters. The Labute approximate surface area is 94.2 Å². The van der Waals surface area contributed by atoms with E-state index in [0.29, 0.717) is 12.1 Å². The van der Waals surface area contributed by atoms with Crippen molar-refractivity contribution in [2.45, 2.75) is 13.5 Å². The zero-order valence-corrected chi connectivity index (χ0v) is 9.07. The summed E-state index contributed by atoms with van der Waals surface area (Å²) in [4.78, 5) is 3.95. The van der Waals surface area contributed by atoms with Crippen LogP contribution in [-0.2, 0) is 6.54 Å². The summed E-state index contributed by atoms with van der Waals surface area (Å²) in [7, 11) is 0. The first-order chi connectivity index (χ1) is 7.75. The Morgan fingerprint density at radius 3 is 2.62 bits per heavy atom. The highest BCUT2D eigenvalue weighted by molar-refractivity contribution is 5.46. The van der Waals surface area contributed by atoms with Gasteiger partial charge < -0.3 is 5.32 Å². The number of benzene rings is 1. The molecule has 16 heavy (non-hydrogen) atoms. The number of halogens is 1. The van der Waals surface area contributed by atoms with Crippen LogP contribution >= 0.6 is 0 Å². The predicted octanol–water partition coefficient (Wildman–Crippen LogP) is 3.14. The number of aryl methyl sites for hydroxylation is 1. The zero-order valence-electron chi connectivity index (χ0n) is 9.07. The largest absolute Gasteiger partial charge is 0.381 e. The number of rotatable bonds is 3. The van der Waals surface area contributed by atoms with Gasteiger partial charge in [0, 0.05) is 24.6 Å². The Morgan fingerprint density at radius 1 is 1.19 bits per heavy atom. The lowest BCUT2D eigenvalue weighted by Gasteiger charge is -2.07. The molecule has 0 aliphatic heterocycles. The summed E-state index contributed by atoms with van der Waals surface area (Å²) in [5, 5.41) is 3.23. The molecule has 1 aromatic carbocycles. The Kier molecular flexibility index (Phi) is 3.15. The number of aromatic nitrogens is 1. The summed E-state index contributed by atoms with van der Waals surface area (Å²) in [5.41, 5.74) is 2.73. The molecule has 0 amide bonds. The van der Waals surface area contributed by atoms with Crippen LogP contribution in [0.2, 0.25) is 0 Å². The smallest absolute Gasteiger partial charge is 0.126 e. The van der Waals surface area contributed by atoms with Crippen molar-refractivity contribution in [2.75, 3.05) is 5.32 Å². The molecule has 0 saturated heterocycles. The molecule has 2 aromatic rings. The van der Waals surface area contributed by atoms with Gasteiger partial charge in [0.2, 0.25) is 0 Å². The van der Waals surface area contributed by atoms with E-state index in [0.717, 1.165) is 11.3 Å². The lowest BCUT2D eigenvalue weighted by molar-refractivity contribution is 0.618. The quantitative estimate of drug-likeness (QED) is 0.852. The standard InChI is InChI=1S/C13H13FN2/c1-10-8-12(2-3-13(10)14)16-9-11-4-6-15-7-5-11/h2-8,16H,9H2,1H3. The number of nitrogens with zero attached hydrogens (tertiary/aromatic N) is 1. The molecule has 1 aromatic heterocycles. The lowest BCUT2D eigenvalue weighted by Crippen LogP contribution is -1.99. The number of pyridine rings is 1. The molecule has 0 radical (unpaired) electrons. The molecule has 1 N–H and O–H groups in total. The number of hydrogen-bond donors (Lipinski definition) is 1. The van der Waals surface area contributed by atoms with E-state index in [1.807, 2.05) is 12.1 Å². The van der Waals surface area contributed by atoms with Gasteiger partial charge in [-0.3, -0.25) is 4.98 Å². The summed E-state index contributed by atoms with van der Waals surface area (Å²) in [6, 6.07) is 8.91. The Balaban J connectivity index is 2.03. The maximum atomic E-state index is 13.0. The third-order valence-corrected chi connectivity index (χ3v) is 2.40. The van der Waals surface area contributed by atoms with E-state index in [-0.39, 0.29) is 5.82 Å². The van der Waals surface area contributed by atoms with E-state index in [1.54, 1.807) is 31.5 Å². The van der Waals surface area contributed by atoms with E-state index in [9.17, 15) is 4.39 Å². The average Bonchev–Trinajstić information content (AvgIpc) is 2.32. The first-order valence-electron chi connectivity index (χ1n) is 5.14. The minimum Gasteiger partial charge on any atom is -0.381 e. The molecule has 0 fully saturated rings. The van der Waals surface area contributed by atoms with E-state index >= 15 is 0 Å². The van der Waals surface area contributed by atoms with Gasteiger partial charge in [0.25, 0.3) is 0 Å². The molecule has 2 nitrogen and oxygen atoms in total. The van der Waals surface area contributed by atoms with Gasteiger partial charge >= 0.3 is 0 Å². The molecule has 0 saturated carbocycles. The maximum Gasteiger partial charge on any atom is 0.126 e. The minimum absolute atomic E-state index is 0.172. The van der Waals surface area contributed by atoms with Gasteiger partial charge in [0.1, 0.15) is 5.82 Å². The van der Waals surface area contributed by atoms with Gasteiger partial charge in [-0.2, -0.15) is 0 Å². The SMILES string of the molecule is Cc1cc(NCc2ccncc2)ccc1F. The Morgan fingerprint density at radius 2 is 1.94 bits per heavy atom. The van der Waals surface area contributed by atoms with E-state index in [1.165, 1.54) is 6.07 Å². The van der Waals surface area contributed by atoms with Gasteiger partial charge in [-0.15, -0.1) is 0 Å². The number of hydrogen-bond acceptors (Lipinski definition) is 2. The van der Waals surface area contributed by atoms with Crippen LogP contribution in [-0.4, -0.2) is 4.98 Å². The van der Waals surface area contributed by atoms with E-state index in [4.69, 9.17) is 0 Å². The van der Waals surface area contributed by atoms with Crippen molar-refractivity contribution >= 4 is 5.69 Å². The third kappa shape index (κ3) is 2.57. The molecule has 3 heteroatoms. The lowest BCUT2D eigenvalue weighted by atomic mass is 10.2. The van der Waals surface area contributed by atoms with Crippen molar-refractivity contribution < 1.29 is 4.39 Å². The topological polar surface area (TPSA) is 24.9 Å². The molecule has 0 aliphatic rings. The fourth-order valence-corrected chi connectivity index (χ4v) is 1.46. The van der Waals surface area contributed by atoms with Crippen LogP contribution in [0.1, 0.15) is 11.1 Å². The van der Waals surface area contributed by atoms with Crippen molar-refractivity contribution in [2.24, 2.45) is 0 Å². The van der Waals surface area contributed by atoms with Crippen LogP contribution in [0.15, 0.2) is 42.7 Å². The van der Waals surface area contributed by atoms with E-state index < -0.39 is 0 Å². The summed E-state index contributed by atoms with van der Waals surface area (Å²) >= 11 is 0. The normalized spacial score (nSPS) is 10.1. The maximum absolute atomic E-state index is 13.0. The van der Waals surface area contributed by atoms with Crippen molar-refractivity contribution in [3.8, 4) is 0 Å². The van der Waals surface area contributed by atoms with Crippen molar-refractivity contribution in [3.05, 3.63) is 59.7 Å². The summed E-state index contributed by atoms with van der Waals surface area (Å²) < 4.78 is 13.0. The van der Waals surface area contributed by atoms with Gasteiger partial charge in [-0.25, -0.2) is 4.39 Å². The van der Waals surface area contributed by atoms with Crippen LogP contribution in [0.5, 0.6) is 0 Å². The fourth-order valence-electron chi connectivity index (χ4n) is 1.46. The monoisotopic (exact) mass is 216 g/mol. The van der Waals surface area contributed by atoms with Crippen molar-refractivity contribution in [1.82, 2.24) is 4.98 Å². The Hall–Kier alpha value is -1.90. The molecule has 0 unspecified atom stereocenters. The summed E-state index contributed by atoms with van der Waals surface area (Å²) in [6.07, 6.45) is 3.51. The third-order valence-electron chi connectivity index (χ3n) is 2.40. The molecule has 82 valence electrons. The van der Waals surface area contributed by atoms with Crippen LogP contribution in [0.3, 0.4) is 0 Å². The number of nitrogens with one attached hydrogen (secondary N) is 1. The predicted molar refractivity (Wildman–Crippen MR) is 62.7 cm³/mol. The number of anilines is 1. The minimum atomic E-state index is -0.172. The second-order valence-corrected chi connectivity index (χ2v) is 3.67. The Bertz CT molecular complexity index is 469. The van der Waals surface area contributed by atoms with Crippen molar-refractivity contribution in [1.29, 1.82) is 0 Å². The highest BCUT2D eigenvalue weighted by Crippen LogP contribution is 2.14. The highest BCUT2D eigenvalue weighted by atomic mass is 19.1. The van der Waals surface area contributed by atoms with Gasteiger partial charge in [-0.05, 0) is 48.4 Å². The van der Waals surface area contributed by atoms with Crippen molar-refractivity contribution in [3.63, 3.8) is 0 Å². The summed E-state index contributed by atoms with van der Waals surface area (Å²) in [5.74, 6) is -0.172. The molecule has 2 rings (SSSR count). The van der Waals surface area contributed by atoms with Crippen LogP contribution in [0.4, 0.5) is 10.1 Å². The van der Waals surface area contributed by atoms with Crippen LogP contribution in [0.25, 0.3) is 0 Å². The molecule has 0 spiro atoms. The highest BCUT2D eigenvalue weighted by Gasteiger charge is 1.98. The molecular weight excluding hydrogens is 203 g/mol. The second-order valence-electron chi connectivity index (χ2n) is 3.67. The first kappa shape index (κ1) is 10.6. The molecular formula is C13H13FN2. The van der Waals surface area contributed by atoms with E-state index in [2.05, 4.69) is 10.3 Å². The van der Waals surface area contributed by atoms with Gasteiger partial charge in [-0.1, -0.05) is 0 Å². The fraction of sp³-hybridized carbons (Fsp3) is 0.154. The first-order valence-corrected chi connectivity index (χ1v) is 5.14. The summed E-state index contributed by atoms with van der Waals surface area (Å²) in [6.45, 7) is 2.47. The van der Waals surface area contributed by atoms with Gasteiger partial charge in [0.15, 0.2) is 0 Å². The van der Waals surface area contributed by atoms with Gasteiger partial charge in [0.05, 0.1) is 0 Å². The second kappa shape index (κ2) is 4.75. The zero-order chi connectivity index (χ0) is 11.4. The molecule has 1 heterocycles. The molecule has 0 bridgehead atoms. The average molecular weight is 216 g/mol.